The highest BCUT2D eigenvalue weighted by Gasteiger charge is 2.13. The fraction of sp³-hybridized carbons (Fsp3) is 0.600. The van der Waals surface area contributed by atoms with Gasteiger partial charge in [-0.2, -0.15) is 0 Å². The summed E-state index contributed by atoms with van der Waals surface area (Å²) in [7, 11) is -3.34. The number of benzene rings is 1. The quantitative estimate of drug-likeness (QED) is 0.784. The molecule has 0 atom stereocenters. The van der Waals surface area contributed by atoms with Crippen LogP contribution >= 0.6 is 0 Å². The number of likely N-dealkylation sites (tertiary alicyclic amines) is 1. The standard InChI is InChI=1S/C15H24N2O2S/c1-14-6-8-15(9-7-14)20(18,19)16-10-2-3-11-17-12-4-5-13-17/h6-9,16H,2-5,10-13H2,1H3. The lowest BCUT2D eigenvalue weighted by Crippen LogP contribution is -2.26. The molecule has 4 nitrogen and oxygen atoms in total. The first-order valence-electron chi connectivity index (χ1n) is 7.37. The Morgan fingerprint density at radius 3 is 2.40 bits per heavy atom. The largest absolute Gasteiger partial charge is 0.303 e. The van der Waals surface area contributed by atoms with Crippen LogP contribution in [0.2, 0.25) is 0 Å². The molecule has 1 aromatic rings. The number of hydrogen-bond acceptors (Lipinski definition) is 3. The Hall–Kier alpha value is -0.910. The van der Waals surface area contributed by atoms with E-state index in [0.29, 0.717) is 11.4 Å². The lowest BCUT2D eigenvalue weighted by atomic mass is 10.2. The Bertz CT molecular complexity index is 505. The average molecular weight is 296 g/mol. The Morgan fingerprint density at radius 1 is 1.10 bits per heavy atom. The Kier molecular flexibility index (Phi) is 5.57. The molecule has 5 heteroatoms. The van der Waals surface area contributed by atoms with Crippen molar-refractivity contribution in [2.45, 2.75) is 37.5 Å². The summed E-state index contributed by atoms with van der Waals surface area (Å²) in [6.45, 7) is 5.96. The third-order valence-electron chi connectivity index (χ3n) is 3.72. The molecule has 1 aromatic carbocycles. The normalized spacial score (nSPS) is 16.6. The van der Waals surface area contributed by atoms with Gasteiger partial charge in [0.05, 0.1) is 4.90 Å². The van der Waals surface area contributed by atoms with Gasteiger partial charge in [0.15, 0.2) is 0 Å². The highest BCUT2D eigenvalue weighted by molar-refractivity contribution is 7.89. The van der Waals surface area contributed by atoms with Crippen LogP contribution in [0.3, 0.4) is 0 Å². The molecule has 1 N–H and O–H groups in total. The molecule has 0 aliphatic carbocycles. The predicted octanol–water partition coefficient (Wildman–Crippen LogP) is 2.15. The van der Waals surface area contributed by atoms with Gasteiger partial charge in [-0.05, 0) is 64.4 Å². The molecule has 1 heterocycles. The molecular formula is C15H24N2O2S. The molecule has 0 aromatic heterocycles. The van der Waals surface area contributed by atoms with E-state index in [-0.39, 0.29) is 0 Å². The van der Waals surface area contributed by atoms with Crippen molar-refractivity contribution in [3.8, 4) is 0 Å². The molecule has 1 fully saturated rings. The third-order valence-corrected chi connectivity index (χ3v) is 5.20. The number of sulfonamides is 1. The zero-order valence-corrected chi connectivity index (χ0v) is 13.0. The van der Waals surface area contributed by atoms with Crippen LogP contribution in [0.25, 0.3) is 0 Å². The Morgan fingerprint density at radius 2 is 1.75 bits per heavy atom. The van der Waals surface area contributed by atoms with E-state index in [2.05, 4.69) is 9.62 Å². The first-order valence-corrected chi connectivity index (χ1v) is 8.85. The lowest BCUT2D eigenvalue weighted by Gasteiger charge is -2.14. The van der Waals surface area contributed by atoms with Gasteiger partial charge >= 0.3 is 0 Å². The average Bonchev–Trinajstić information content (AvgIpc) is 2.92. The highest BCUT2D eigenvalue weighted by Crippen LogP contribution is 2.10. The minimum absolute atomic E-state index is 0.350. The number of aryl methyl sites for hydroxylation is 1. The maximum absolute atomic E-state index is 12.0. The van der Waals surface area contributed by atoms with Gasteiger partial charge in [-0.1, -0.05) is 17.7 Å². The second-order valence-corrected chi connectivity index (χ2v) is 7.23. The van der Waals surface area contributed by atoms with Crippen molar-refractivity contribution in [1.29, 1.82) is 0 Å². The van der Waals surface area contributed by atoms with E-state index in [9.17, 15) is 8.42 Å². The first kappa shape index (κ1) is 15.5. The lowest BCUT2D eigenvalue weighted by molar-refractivity contribution is 0.330. The van der Waals surface area contributed by atoms with E-state index in [1.54, 1.807) is 12.1 Å². The van der Waals surface area contributed by atoms with Crippen molar-refractivity contribution in [3.63, 3.8) is 0 Å². The van der Waals surface area contributed by atoms with E-state index in [1.165, 1.54) is 25.9 Å². The van der Waals surface area contributed by atoms with Gasteiger partial charge in [0.1, 0.15) is 0 Å². The Labute approximate surface area is 122 Å². The maximum Gasteiger partial charge on any atom is 0.240 e. The molecule has 112 valence electrons. The molecule has 1 aliphatic rings. The van der Waals surface area contributed by atoms with Crippen molar-refractivity contribution in [2.75, 3.05) is 26.2 Å². The first-order chi connectivity index (χ1) is 9.58. The molecule has 0 radical (unpaired) electrons. The van der Waals surface area contributed by atoms with Gasteiger partial charge in [0, 0.05) is 6.54 Å². The Balaban J connectivity index is 1.71. The fourth-order valence-electron chi connectivity index (χ4n) is 2.47. The monoisotopic (exact) mass is 296 g/mol. The maximum atomic E-state index is 12.0. The summed E-state index contributed by atoms with van der Waals surface area (Å²) in [6.07, 6.45) is 4.55. The second-order valence-electron chi connectivity index (χ2n) is 5.47. The van der Waals surface area contributed by atoms with Crippen LogP contribution in [0.5, 0.6) is 0 Å². The topological polar surface area (TPSA) is 49.4 Å². The summed E-state index contributed by atoms with van der Waals surface area (Å²) in [5, 5.41) is 0. The van der Waals surface area contributed by atoms with Crippen molar-refractivity contribution < 1.29 is 8.42 Å². The van der Waals surface area contributed by atoms with Crippen LogP contribution in [-0.2, 0) is 10.0 Å². The summed E-state index contributed by atoms with van der Waals surface area (Å²) < 4.78 is 26.8. The molecule has 20 heavy (non-hydrogen) atoms. The van der Waals surface area contributed by atoms with Crippen LogP contribution < -0.4 is 4.72 Å². The van der Waals surface area contributed by atoms with Crippen molar-refractivity contribution in [3.05, 3.63) is 29.8 Å². The van der Waals surface area contributed by atoms with Gasteiger partial charge in [0.25, 0.3) is 0 Å². The van der Waals surface area contributed by atoms with Crippen LogP contribution in [0.1, 0.15) is 31.2 Å². The molecular weight excluding hydrogens is 272 g/mol. The van der Waals surface area contributed by atoms with Crippen molar-refractivity contribution >= 4 is 10.0 Å². The van der Waals surface area contributed by atoms with Gasteiger partial charge in [-0.15, -0.1) is 0 Å². The third kappa shape index (κ3) is 4.58. The molecule has 1 aliphatic heterocycles. The molecule has 1 saturated heterocycles. The molecule has 2 rings (SSSR count). The molecule has 0 bridgehead atoms. The van der Waals surface area contributed by atoms with Crippen LogP contribution in [0, 0.1) is 6.92 Å². The molecule has 0 unspecified atom stereocenters. The summed E-state index contributed by atoms with van der Waals surface area (Å²) in [4.78, 5) is 2.80. The number of hydrogen-bond donors (Lipinski definition) is 1. The summed E-state index contributed by atoms with van der Waals surface area (Å²) in [5.41, 5.74) is 1.06. The van der Waals surface area contributed by atoms with E-state index in [1.807, 2.05) is 19.1 Å². The second kappa shape index (κ2) is 7.20. The van der Waals surface area contributed by atoms with E-state index in [4.69, 9.17) is 0 Å². The van der Waals surface area contributed by atoms with Gasteiger partial charge in [-0.25, -0.2) is 13.1 Å². The summed E-state index contributed by atoms with van der Waals surface area (Å²) >= 11 is 0. The van der Waals surface area contributed by atoms with Gasteiger partial charge in [-0.3, -0.25) is 0 Å². The minimum Gasteiger partial charge on any atom is -0.303 e. The minimum atomic E-state index is -3.34. The van der Waals surface area contributed by atoms with E-state index < -0.39 is 10.0 Å². The number of unbranched alkanes of at least 4 members (excludes halogenated alkanes) is 1. The fourth-order valence-corrected chi connectivity index (χ4v) is 3.55. The summed E-state index contributed by atoms with van der Waals surface area (Å²) in [6, 6.07) is 6.95. The molecule has 0 amide bonds. The van der Waals surface area contributed by atoms with Crippen LogP contribution in [-0.4, -0.2) is 39.5 Å². The SMILES string of the molecule is Cc1ccc(S(=O)(=O)NCCCCN2CCCC2)cc1. The molecule has 0 spiro atoms. The van der Waals surface area contributed by atoms with E-state index in [0.717, 1.165) is 24.9 Å². The van der Waals surface area contributed by atoms with Gasteiger partial charge in [0.2, 0.25) is 10.0 Å². The predicted molar refractivity (Wildman–Crippen MR) is 81.3 cm³/mol. The zero-order chi connectivity index (χ0) is 14.4. The zero-order valence-electron chi connectivity index (χ0n) is 12.1. The highest BCUT2D eigenvalue weighted by atomic mass is 32.2. The van der Waals surface area contributed by atoms with Crippen LogP contribution in [0.4, 0.5) is 0 Å². The van der Waals surface area contributed by atoms with Gasteiger partial charge < -0.3 is 4.90 Å². The number of nitrogens with zero attached hydrogens (tertiary/aromatic N) is 1. The smallest absolute Gasteiger partial charge is 0.240 e. The van der Waals surface area contributed by atoms with Crippen molar-refractivity contribution in [1.82, 2.24) is 9.62 Å². The summed E-state index contributed by atoms with van der Waals surface area (Å²) in [5.74, 6) is 0. The van der Waals surface area contributed by atoms with E-state index >= 15 is 0 Å². The van der Waals surface area contributed by atoms with Crippen LogP contribution in [0.15, 0.2) is 29.2 Å². The number of rotatable bonds is 7. The number of nitrogens with one attached hydrogen (secondary N) is 1. The molecule has 0 saturated carbocycles. The van der Waals surface area contributed by atoms with Crippen molar-refractivity contribution in [2.24, 2.45) is 0 Å².